The highest BCUT2D eigenvalue weighted by Gasteiger charge is 2.22. The fourth-order valence-corrected chi connectivity index (χ4v) is 3.78. The van der Waals surface area contributed by atoms with Crippen LogP contribution >= 0.6 is 0 Å². The lowest BCUT2D eigenvalue weighted by atomic mass is 10.1. The summed E-state index contributed by atoms with van der Waals surface area (Å²) in [5.41, 5.74) is 1.18. The van der Waals surface area contributed by atoms with Crippen LogP contribution in [0.5, 0.6) is 0 Å². The average Bonchev–Trinajstić information content (AvgIpc) is 2.67. The van der Waals surface area contributed by atoms with Crippen LogP contribution in [-0.4, -0.2) is 44.5 Å². The number of nitrogens with one attached hydrogen (secondary N) is 2. The van der Waals surface area contributed by atoms with Crippen LogP contribution < -0.4 is 10.0 Å². The Morgan fingerprint density at radius 3 is 2.07 bits per heavy atom. The molecule has 0 aromatic heterocycles. The van der Waals surface area contributed by atoms with Gasteiger partial charge < -0.3 is 10.2 Å². The molecule has 0 radical (unpaired) electrons. The van der Waals surface area contributed by atoms with Gasteiger partial charge in [-0.2, -0.15) is 0 Å². The number of hydrogen-bond donors (Lipinski definition) is 2. The van der Waals surface area contributed by atoms with Crippen molar-refractivity contribution in [2.75, 3.05) is 29.4 Å². The standard InChI is InChI=1S/C20H23N3O4S/c1-28(26,27)22-18-12-6-3-9-15(18)19(24)21-17-11-5-4-10-16(17)20(25)23-13-7-2-8-14-23/h3-6,9-12,22H,2,7-8,13-14H2,1H3,(H,21,24). The van der Waals surface area contributed by atoms with Gasteiger partial charge in [-0.15, -0.1) is 0 Å². The highest BCUT2D eigenvalue weighted by atomic mass is 32.2. The highest BCUT2D eigenvalue weighted by molar-refractivity contribution is 7.92. The monoisotopic (exact) mass is 401 g/mol. The number of anilines is 2. The first kappa shape index (κ1) is 19.9. The zero-order valence-corrected chi connectivity index (χ0v) is 16.5. The van der Waals surface area contributed by atoms with Crippen molar-refractivity contribution in [3.05, 3.63) is 59.7 Å². The van der Waals surface area contributed by atoms with E-state index in [4.69, 9.17) is 0 Å². The number of amides is 2. The number of rotatable bonds is 5. The molecule has 2 amide bonds. The summed E-state index contributed by atoms with van der Waals surface area (Å²) in [6, 6.07) is 13.2. The number of likely N-dealkylation sites (tertiary alicyclic amines) is 1. The molecule has 1 fully saturated rings. The van der Waals surface area contributed by atoms with E-state index in [0.717, 1.165) is 25.5 Å². The Labute approximate surface area is 164 Å². The van der Waals surface area contributed by atoms with Crippen LogP contribution in [0.15, 0.2) is 48.5 Å². The van der Waals surface area contributed by atoms with Crippen LogP contribution in [0.4, 0.5) is 11.4 Å². The number of para-hydroxylation sites is 2. The maximum Gasteiger partial charge on any atom is 0.257 e. The van der Waals surface area contributed by atoms with Crippen molar-refractivity contribution in [3.63, 3.8) is 0 Å². The summed E-state index contributed by atoms with van der Waals surface area (Å²) < 4.78 is 25.5. The maximum atomic E-state index is 12.9. The summed E-state index contributed by atoms with van der Waals surface area (Å²) in [6.07, 6.45) is 4.09. The van der Waals surface area contributed by atoms with Crippen molar-refractivity contribution >= 4 is 33.2 Å². The van der Waals surface area contributed by atoms with Gasteiger partial charge in [0.1, 0.15) is 0 Å². The number of benzene rings is 2. The van der Waals surface area contributed by atoms with Gasteiger partial charge in [-0.25, -0.2) is 8.42 Å². The van der Waals surface area contributed by atoms with E-state index in [9.17, 15) is 18.0 Å². The zero-order chi connectivity index (χ0) is 20.1. The van der Waals surface area contributed by atoms with Gasteiger partial charge in [-0.05, 0) is 43.5 Å². The molecular formula is C20H23N3O4S. The molecule has 0 bridgehead atoms. The van der Waals surface area contributed by atoms with Crippen LogP contribution in [0.2, 0.25) is 0 Å². The second-order valence-electron chi connectivity index (χ2n) is 6.77. The van der Waals surface area contributed by atoms with Gasteiger partial charge in [0.15, 0.2) is 0 Å². The van der Waals surface area contributed by atoms with Gasteiger partial charge in [0, 0.05) is 13.1 Å². The van der Waals surface area contributed by atoms with Crippen molar-refractivity contribution in [1.29, 1.82) is 0 Å². The first-order valence-electron chi connectivity index (χ1n) is 9.11. The van der Waals surface area contributed by atoms with Gasteiger partial charge in [0.2, 0.25) is 10.0 Å². The fourth-order valence-electron chi connectivity index (χ4n) is 3.21. The summed E-state index contributed by atoms with van der Waals surface area (Å²) in [5, 5.41) is 2.75. The van der Waals surface area contributed by atoms with E-state index in [2.05, 4.69) is 10.0 Å². The van der Waals surface area contributed by atoms with Crippen LogP contribution in [0.3, 0.4) is 0 Å². The highest BCUT2D eigenvalue weighted by Crippen LogP contribution is 2.23. The predicted molar refractivity (Wildman–Crippen MR) is 109 cm³/mol. The lowest BCUT2D eigenvalue weighted by Crippen LogP contribution is -2.36. The summed E-state index contributed by atoms with van der Waals surface area (Å²) in [6.45, 7) is 1.42. The van der Waals surface area contributed by atoms with E-state index in [0.29, 0.717) is 24.3 Å². The SMILES string of the molecule is CS(=O)(=O)Nc1ccccc1C(=O)Nc1ccccc1C(=O)N1CCCCC1. The van der Waals surface area contributed by atoms with E-state index in [1.807, 2.05) is 0 Å². The van der Waals surface area contributed by atoms with Crippen LogP contribution in [0, 0.1) is 0 Å². The smallest absolute Gasteiger partial charge is 0.257 e. The molecule has 0 unspecified atom stereocenters. The molecule has 2 aromatic carbocycles. The molecule has 1 saturated heterocycles. The minimum Gasteiger partial charge on any atom is -0.339 e. The third kappa shape index (κ3) is 4.89. The normalized spacial score (nSPS) is 14.4. The molecule has 8 heteroatoms. The number of hydrogen-bond acceptors (Lipinski definition) is 4. The Bertz CT molecular complexity index is 982. The molecule has 1 heterocycles. The lowest BCUT2D eigenvalue weighted by molar-refractivity contribution is 0.0725. The first-order chi connectivity index (χ1) is 13.3. The van der Waals surface area contributed by atoms with Crippen molar-refractivity contribution in [1.82, 2.24) is 4.90 Å². The lowest BCUT2D eigenvalue weighted by Gasteiger charge is -2.27. The van der Waals surface area contributed by atoms with Gasteiger partial charge in [0.25, 0.3) is 11.8 Å². The molecule has 2 aromatic rings. The van der Waals surface area contributed by atoms with E-state index in [1.54, 1.807) is 41.3 Å². The number of piperidine rings is 1. The quantitative estimate of drug-likeness (QED) is 0.805. The second-order valence-corrected chi connectivity index (χ2v) is 8.52. The number of carbonyl (C=O) groups is 2. The first-order valence-corrected chi connectivity index (χ1v) is 11.0. The minimum absolute atomic E-state index is 0.113. The average molecular weight is 401 g/mol. The molecule has 28 heavy (non-hydrogen) atoms. The Morgan fingerprint density at radius 2 is 1.43 bits per heavy atom. The molecule has 2 N–H and O–H groups in total. The molecule has 1 aliphatic heterocycles. The van der Waals surface area contributed by atoms with Crippen LogP contribution in [-0.2, 0) is 10.0 Å². The zero-order valence-electron chi connectivity index (χ0n) is 15.6. The molecule has 148 valence electrons. The van der Waals surface area contributed by atoms with Crippen molar-refractivity contribution in [2.45, 2.75) is 19.3 Å². The largest absolute Gasteiger partial charge is 0.339 e. The number of sulfonamides is 1. The predicted octanol–water partition coefficient (Wildman–Crippen LogP) is 2.94. The van der Waals surface area contributed by atoms with Crippen LogP contribution in [0.25, 0.3) is 0 Å². The van der Waals surface area contributed by atoms with Gasteiger partial charge in [-0.3, -0.25) is 14.3 Å². The number of carbonyl (C=O) groups excluding carboxylic acids is 2. The molecule has 7 nitrogen and oxygen atoms in total. The molecule has 0 saturated carbocycles. The Balaban J connectivity index is 1.85. The van der Waals surface area contributed by atoms with Crippen molar-refractivity contribution in [2.24, 2.45) is 0 Å². The summed E-state index contributed by atoms with van der Waals surface area (Å²) in [4.78, 5) is 27.5. The van der Waals surface area contributed by atoms with E-state index >= 15 is 0 Å². The Hall–Kier alpha value is -2.87. The molecular weight excluding hydrogens is 378 g/mol. The third-order valence-electron chi connectivity index (χ3n) is 4.52. The van der Waals surface area contributed by atoms with Gasteiger partial charge in [-0.1, -0.05) is 24.3 Å². The minimum atomic E-state index is -3.53. The molecule has 0 spiro atoms. The van der Waals surface area contributed by atoms with Gasteiger partial charge >= 0.3 is 0 Å². The van der Waals surface area contributed by atoms with Gasteiger partial charge in [0.05, 0.1) is 28.8 Å². The van der Waals surface area contributed by atoms with E-state index in [1.165, 1.54) is 12.1 Å². The summed E-state index contributed by atoms with van der Waals surface area (Å²) >= 11 is 0. The molecule has 1 aliphatic rings. The third-order valence-corrected chi connectivity index (χ3v) is 5.11. The van der Waals surface area contributed by atoms with Crippen LogP contribution in [0.1, 0.15) is 40.0 Å². The molecule has 0 aliphatic carbocycles. The van der Waals surface area contributed by atoms with Crippen molar-refractivity contribution in [3.8, 4) is 0 Å². The Kier molecular flexibility index (Phi) is 5.99. The van der Waals surface area contributed by atoms with Crippen molar-refractivity contribution < 1.29 is 18.0 Å². The van der Waals surface area contributed by atoms with E-state index in [-0.39, 0.29) is 17.2 Å². The fraction of sp³-hybridized carbons (Fsp3) is 0.300. The second kappa shape index (κ2) is 8.43. The molecule has 3 rings (SSSR count). The molecule has 0 atom stereocenters. The topological polar surface area (TPSA) is 95.6 Å². The summed E-state index contributed by atoms with van der Waals surface area (Å²) in [5.74, 6) is -0.608. The Morgan fingerprint density at radius 1 is 0.857 bits per heavy atom. The summed E-state index contributed by atoms with van der Waals surface area (Å²) in [7, 11) is -3.53. The number of nitrogens with zero attached hydrogens (tertiary/aromatic N) is 1. The van der Waals surface area contributed by atoms with E-state index < -0.39 is 15.9 Å². The maximum absolute atomic E-state index is 12.9.